The molecule has 0 bridgehead atoms. The second-order valence-electron chi connectivity index (χ2n) is 7.92. The predicted molar refractivity (Wildman–Crippen MR) is 121 cm³/mol. The van der Waals surface area contributed by atoms with Crippen molar-refractivity contribution >= 4 is 34.3 Å². The van der Waals surface area contributed by atoms with Crippen LogP contribution in [0, 0.1) is 0 Å². The molecule has 2 aliphatic heterocycles. The van der Waals surface area contributed by atoms with Crippen molar-refractivity contribution in [2.45, 2.75) is 25.3 Å². The first-order chi connectivity index (χ1) is 14.2. The van der Waals surface area contributed by atoms with Gasteiger partial charge in [0.2, 0.25) is 5.91 Å². The van der Waals surface area contributed by atoms with E-state index in [4.69, 9.17) is 5.73 Å². The van der Waals surface area contributed by atoms with Crippen molar-refractivity contribution in [3.05, 3.63) is 36.5 Å². The summed E-state index contributed by atoms with van der Waals surface area (Å²) in [6, 6.07) is 10.2. The molecule has 0 aliphatic carbocycles. The number of rotatable bonds is 7. The van der Waals surface area contributed by atoms with Crippen LogP contribution < -0.4 is 10.6 Å². The Labute approximate surface area is 177 Å². The van der Waals surface area contributed by atoms with E-state index in [1.165, 1.54) is 11.1 Å². The van der Waals surface area contributed by atoms with E-state index >= 15 is 0 Å². The lowest BCUT2D eigenvalue weighted by atomic mass is 10.1. The Bertz CT molecular complexity index is 812. The summed E-state index contributed by atoms with van der Waals surface area (Å²) in [5.41, 5.74) is 8.47. The summed E-state index contributed by atoms with van der Waals surface area (Å²) in [6.07, 6.45) is 4.83. The molecule has 7 heteroatoms. The highest BCUT2D eigenvalue weighted by Crippen LogP contribution is 2.26. The number of aromatic nitrogens is 1. The van der Waals surface area contributed by atoms with Gasteiger partial charge in [-0.2, -0.15) is 0 Å². The summed E-state index contributed by atoms with van der Waals surface area (Å²) in [7, 11) is 0. The number of carbonyl (C=O) groups is 1. The average Bonchev–Trinajstić information content (AvgIpc) is 3.31. The lowest BCUT2D eigenvalue weighted by Crippen LogP contribution is -2.46. The topological polar surface area (TPSA) is 65.7 Å². The number of unbranched alkanes of at least 4 members (excludes halogenated alkanes) is 1. The van der Waals surface area contributed by atoms with Crippen LogP contribution in [-0.2, 0) is 4.79 Å². The first kappa shape index (κ1) is 20.4. The summed E-state index contributed by atoms with van der Waals surface area (Å²) < 4.78 is 0. The van der Waals surface area contributed by atoms with Crippen molar-refractivity contribution in [3.63, 3.8) is 0 Å². The van der Waals surface area contributed by atoms with Crippen LogP contribution in [0.3, 0.4) is 0 Å². The SMILES string of the molecule is N[C@@H](CCCCN1CCN(c2ccnc3ccccc23)CC1)C(=O)N1CCSC1. The maximum Gasteiger partial charge on any atom is 0.240 e. The van der Waals surface area contributed by atoms with Gasteiger partial charge in [-0.25, -0.2) is 0 Å². The molecule has 2 N–H and O–H groups in total. The molecule has 1 aromatic carbocycles. The van der Waals surface area contributed by atoms with Gasteiger partial charge in [0.1, 0.15) is 0 Å². The third-order valence-electron chi connectivity index (χ3n) is 5.96. The van der Waals surface area contributed by atoms with Crippen molar-refractivity contribution in [2.24, 2.45) is 5.73 Å². The van der Waals surface area contributed by atoms with Gasteiger partial charge in [-0.1, -0.05) is 24.6 Å². The molecule has 2 saturated heterocycles. The minimum atomic E-state index is -0.328. The number of benzene rings is 1. The number of nitrogens with zero attached hydrogens (tertiary/aromatic N) is 4. The largest absolute Gasteiger partial charge is 0.368 e. The number of nitrogens with two attached hydrogens (primary N) is 1. The molecule has 6 nitrogen and oxygen atoms in total. The van der Waals surface area contributed by atoms with E-state index in [2.05, 4.69) is 39.0 Å². The quantitative estimate of drug-likeness (QED) is 0.703. The number of para-hydroxylation sites is 1. The van der Waals surface area contributed by atoms with Crippen molar-refractivity contribution in [1.82, 2.24) is 14.8 Å². The fourth-order valence-electron chi connectivity index (χ4n) is 4.21. The Morgan fingerprint density at radius 1 is 1.10 bits per heavy atom. The van der Waals surface area contributed by atoms with E-state index in [0.29, 0.717) is 0 Å². The molecular weight excluding hydrogens is 382 g/mol. The van der Waals surface area contributed by atoms with Crippen LogP contribution in [0.25, 0.3) is 10.9 Å². The zero-order valence-electron chi connectivity index (χ0n) is 17.0. The van der Waals surface area contributed by atoms with Crippen LogP contribution in [0.15, 0.2) is 36.5 Å². The lowest BCUT2D eigenvalue weighted by molar-refractivity contribution is -0.131. The molecule has 0 saturated carbocycles. The minimum Gasteiger partial charge on any atom is -0.368 e. The maximum absolute atomic E-state index is 12.3. The van der Waals surface area contributed by atoms with E-state index in [9.17, 15) is 4.79 Å². The predicted octanol–water partition coefficient (Wildman–Crippen LogP) is 2.39. The van der Waals surface area contributed by atoms with Crippen molar-refractivity contribution in [2.75, 3.05) is 55.8 Å². The van der Waals surface area contributed by atoms with E-state index in [-0.39, 0.29) is 11.9 Å². The van der Waals surface area contributed by atoms with E-state index in [1.807, 2.05) is 28.9 Å². The highest BCUT2D eigenvalue weighted by molar-refractivity contribution is 7.99. The Hall–Kier alpha value is -1.83. The standard InChI is InChI=1S/C22H31N5OS/c23-19(22(28)27-15-16-29-17-27)6-3-4-10-25-11-13-26(14-12-25)21-8-9-24-20-7-2-1-5-18(20)21/h1-2,5,7-9,19H,3-4,6,10-17,23H2/t19-/m0/s1. The number of amides is 1. The maximum atomic E-state index is 12.3. The molecule has 1 aromatic heterocycles. The van der Waals surface area contributed by atoms with Crippen molar-refractivity contribution in [1.29, 1.82) is 0 Å². The number of carbonyl (C=O) groups excluding carboxylic acids is 1. The second kappa shape index (κ2) is 9.78. The highest BCUT2D eigenvalue weighted by atomic mass is 32.2. The third kappa shape index (κ3) is 5.02. The third-order valence-corrected chi connectivity index (χ3v) is 6.93. The Kier molecular flexibility index (Phi) is 6.90. The van der Waals surface area contributed by atoms with E-state index in [0.717, 1.165) is 75.7 Å². The molecule has 1 atom stereocenters. The van der Waals surface area contributed by atoms with E-state index in [1.54, 1.807) is 0 Å². The molecule has 0 radical (unpaired) electrons. The summed E-state index contributed by atoms with van der Waals surface area (Å²) in [5, 5.41) is 1.23. The van der Waals surface area contributed by atoms with Crippen LogP contribution >= 0.6 is 11.8 Å². The fourth-order valence-corrected chi connectivity index (χ4v) is 5.17. The lowest BCUT2D eigenvalue weighted by Gasteiger charge is -2.36. The number of anilines is 1. The van der Waals surface area contributed by atoms with Gasteiger partial charge in [0.25, 0.3) is 0 Å². The summed E-state index contributed by atoms with van der Waals surface area (Å²) in [4.78, 5) is 23.7. The van der Waals surface area contributed by atoms with Gasteiger partial charge in [-0.05, 0) is 31.5 Å². The van der Waals surface area contributed by atoms with Crippen LogP contribution in [0.5, 0.6) is 0 Å². The van der Waals surface area contributed by atoms with Gasteiger partial charge in [0.15, 0.2) is 0 Å². The van der Waals surface area contributed by atoms with Gasteiger partial charge in [-0.3, -0.25) is 14.7 Å². The average molecular weight is 414 g/mol. The van der Waals surface area contributed by atoms with E-state index < -0.39 is 0 Å². The number of piperazine rings is 1. The molecule has 4 rings (SSSR count). The van der Waals surface area contributed by atoms with Gasteiger partial charge in [0, 0.05) is 55.7 Å². The highest BCUT2D eigenvalue weighted by Gasteiger charge is 2.24. The number of hydrogen-bond acceptors (Lipinski definition) is 6. The molecule has 156 valence electrons. The Morgan fingerprint density at radius 3 is 2.72 bits per heavy atom. The summed E-state index contributed by atoms with van der Waals surface area (Å²) >= 11 is 1.81. The van der Waals surface area contributed by atoms with Crippen LogP contribution in [0.4, 0.5) is 5.69 Å². The van der Waals surface area contributed by atoms with Crippen molar-refractivity contribution in [3.8, 4) is 0 Å². The smallest absolute Gasteiger partial charge is 0.240 e. The normalized spacial score (nSPS) is 19.1. The molecular formula is C22H31N5OS. The summed E-state index contributed by atoms with van der Waals surface area (Å²) in [6.45, 7) is 6.18. The Morgan fingerprint density at radius 2 is 1.93 bits per heavy atom. The van der Waals surface area contributed by atoms with Gasteiger partial charge in [0.05, 0.1) is 17.4 Å². The minimum absolute atomic E-state index is 0.133. The molecule has 0 unspecified atom stereocenters. The first-order valence-electron chi connectivity index (χ1n) is 10.7. The molecule has 2 aromatic rings. The van der Waals surface area contributed by atoms with Crippen LogP contribution in [0.2, 0.25) is 0 Å². The molecule has 2 fully saturated rings. The van der Waals surface area contributed by atoms with Gasteiger partial charge < -0.3 is 15.5 Å². The Balaban J connectivity index is 1.19. The van der Waals surface area contributed by atoms with Crippen LogP contribution in [0.1, 0.15) is 19.3 Å². The number of thioether (sulfide) groups is 1. The fraction of sp³-hybridized carbons (Fsp3) is 0.545. The molecule has 3 heterocycles. The zero-order chi connectivity index (χ0) is 20.1. The monoisotopic (exact) mass is 413 g/mol. The molecule has 1 amide bonds. The zero-order valence-corrected chi connectivity index (χ0v) is 17.8. The van der Waals surface area contributed by atoms with Crippen molar-refractivity contribution < 1.29 is 4.79 Å². The number of hydrogen-bond donors (Lipinski definition) is 1. The van der Waals surface area contributed by atoms with Gasteiger partial charge in [-0.15, -0.1) is 11.8 Å². The molecule has 2 aliphatic rings. The number of fused-ring (bicyclic) bond motifs is 1. The molecule has 0 spiro atoms. The van der Waals surface area contributed by atoms with Gasteiger partial charge >= 0.3 is 0 Å². The second-order valence-corrected chi connectivity index (χ2v) is 8.99. The number of pyridine rings is 1. The first-order valence-corrected chi connectivity index (χ1v) is 11.8. The summed E-state index contributed by atoms with van der Waals surface area (Å²) in [5.74, 6) is 1.98. The van der Waals surface area contributed by atoms with Crippen LogP contribution in [-0.4, -0.2) is 77.6 Å². The molecule has 29 heavy (non-hydrogen) atoms.